The largest absolute Gasteiger partial charge is 0.397 e. The summed E-state index contributed by atoms with van der Waals surface area (Å²) in [7, 11) is 3.29. The molecular formula is C13H20N4O2S. The van der Waals surface area contributed by atoms with Gasteiger partial charge in [-0.15, -0.1) is 11.3 Å². The van der Waals surface area contributed by atoms with Crippen LogP contribution in [0.15, 0.2) is 0 Å². The molecule has 1 heterocycles. The van der Waals surface area contributed by atoms with Crippen LogP contribution in [0, 0.1) is 5.92 Å². The molecule has 0 saturated heterocycles. The van der Waals surface area contributed by atoms with Crippen LogP contribution in [0.25, 0.3) is 0 Å². The molecule has 0 aromatic carbocycles. The van der Waals surface area contributed by atoms with Gasteiger partial charge < -0.3 is 21.7 Å². The number of nitrogens with one attached hydrogen (secondary N) is 1. The SMILES string of the molecule is CCC1CC1Nc1sc(C(=O)N(C)C)c(N)c1C(N)=O. The lowest BCUT2D eigenvalue weighted by molar-refractivity contribution is 0.0833. The van der Waals surface area contributed by atoms with E-state index in [-0.39, 0.29) is 17.2 Å². The zero-order valence-electron chi connectivity index (χ0n) is 11.9. The van der Waals surface area contributed by atoms with Crippen molar-refractivity contribution in [1.82, 2.24) is 4.90 Å². The van der Waals surface area contributed by atoms with Crippen LogP contribution in [-0.2, 0) is 0 Å². The maximum Gasteiger partial charge on any atom is 0.265 e. The van der Waals surface area contributed by atoms with E-state index in [0.717, 1.165) is 12.8 Å². The van der Waals surface area contributed by atoms with E-state index in [1.807, 2.05) is 0 Å². The second-order valence-corrected chi connectivity index (χ2v) is 6.29. The number of hydrogen-bond acceptors (Lipinski definition) is 5. The molecule has 1 saturated carbocycles. The van der Waals surface area contributed by atoms with E-state index in [2.05, 4.69) is 12.2 Å². The van der Waals surface area contributed by atoms with E-state index < -0.39 is 5.91 Å². The third-order valence-corrected chi connectivity index (χ3v) is 4.68. The summed E-state index contributed by atoms with van der Waals surface area (Å²) in [5.74, 6) is -0.203. The Labute approximate surface area is 122 Å². The predicted octanol–water partition coefficient (Wildman–Crippen LogP) is 1.34. The normalized spacial score (nSPS) is 20.6. The van der Waals surface area contributed by atoms with E-state index in [1.165, 1.54) is 16.2 Å². The number of rotatable bonds is 5. The summed E-state index contributed by atoms with van der Waals surface area (Å²) in [6.45, 7) is 2.13. The molecule has 2 amide bonds. The second kappa shape index (κ2) is 5.32. The van der Waals surface area contributed by atoms with Gasteiger partial charge in [-0.1, -0.05) is 13.3 Å². The maximum atomic E-state index is 12.1. The topological polar surface area (TPSA) is 101 Å². The van der Waals surface area contributed by atoms with E-state index in [4.69, 9.17) is 11.5 Å². The number of amides is 2. The van der Waals surface area contributed by atoms with E-state index in [0.29, 0.717) is 21.8 Å². The fraction of sp³-hybridized carbons (Fsp3) is 0.538. The molecule has 0 aliphatic heterocycles. The van der Waals surface area contributed by atoms with Crippen LogP contribution in [0.3, 0.4) is 0 Å². The van der Waals surface area contributed by atoms with Crippen LogP contribution < -0.4 is 16.8 Å². The quantitative estimate of drug-likeness (QED) is 0.763. The van der Waals surface area contributed by atoms with Gasteiger partial charge in [-0.3, -0.25) is 9.59 Å². The lowest BCUT2D eigenvalue weighted by atomic mass is 10.2. The first-order valence-electron chi connectivity index (χ1n) is 6.57. The number of carbonyl (C=O) groups is 2. The summed E-state index contributed by atoms with van der Waals surface area (Å²) < 4.78 is 0. The highest BCUT2D eigenvalue weighted by Gasteiger charge is 2.37. The monoisotopic (exact) mass is 296 g/mol. The zero-order chi connectivity index (χ0) is 15.0. The number of nitrogens with zero attached hydrogens (tertiary/aromatic N) is 1. The number of hydrogen-bond donors (Lipinski definition) is 3. The molecule has 0 bridgehead atoms. The summed E-state index contributed by atoms with van der Waals surface area (Å²) >= 11 is 1.20. The van der Waals surface area contributed by atoms with Crippen LogP contribution in [0.1, 0.15) is 39.8 Å². The van der Waals surface area contributed by atoms with Crippen LogP contribution in [0.5, 0.6) is 0 Å². The average molecular weight is 296 g/mol. The molecule has 6 nitrogen and oxygen atoms in total. The molecule has 1 aliphatic carbocycles. The van der Waals surface area contributed by atoms with Crippen LogP contribution >= 0.6 is 11.3 Å². The van der Waals surface area contributed by atoms with Crippen molar-refractivity contribution < 1.29 is 9.59 Å². The molecular weight excluding hydrogens is 276 g/mol. The minimum absolute atomic E-state index is 0.178. The Hall–Kier alpha value is -1.76. The summed E-state index contributed by atoms with van der Waals surface area (Å²) in [5, 5.41) is 3.90. The van der Waals surface area contributed by atoms with Gasteiger partial charge in [0.25, 0.3) is 11.8 Å². The highest BCUT2D eigenvalue weighted by Crippen LogP contribution is 2.42. The standard InChI is InChI=1S/C13H20N4O2S/c1-4-6-5-7(6)16-12-8(11(15)18)9(14)10(20-12)13(19)17(2)3/h6-7,16H,4-5,14H2,1-3H3,(H2,15,18). The molecule has 1 aliphatic rings. The van der Waals surface area contributed by atoms with Crippen molar-refractivity contribution in [2.45, 2.75) is 25.8 Å². The van der Waals surface area contributed by atoms with Gasteiger partial charge in [0.15, 0.2) is 0 Å². The Morgan fingerprint density at radius 1 is 1.45 bits per heavy atom. The fourth-order valence-corrected chi connectivity index (χ4v) is 3.41. The summed E-state index contributed by atoms with van der Waals surface area (Å²) in [6, 6.07) is 0.346. The number of nitrogens with two attached hydrogens (primary N) is 2. The first-order valence-corrected chi connectivity index (χ1v) is 7.38. The smallest absolute Gasteiger partial charge is 0.265 e. The lowest BCUT2D eigenvalue weighted by Gasteiger charge is -2.08. The Morgan fingerprint density at radius 2 is 2.10 bits per heavy atom. The highest BCUT2D eigenvalue weighted by atomic mass is 32.1. The molecule has 5 N–H and O–H groups in total. The Balaban J connectivity index is 2.33. The van der Waals surface area contributed by atoms with Crippen molar-refractivity contribution in [3.63, 3.8) is 0 Å². The van der Waals surface area contributed by atoms with Crippen molar-refractivity contribution in [2.24, 2.45) is 11.7 Å². The minimum atomic E-state index is -0.604. The second-order valence-electron chi connectivity index (χ2n) is 5.27. The van der Waals surface area contributed by atoms with E-state index in [1.54, 1.807) is 14.1 Å². The number of anilines is 2. The summed E-state index contributed by atoms with van der Waals surface area (Å²) in [4.78, 5) is 25.4. The highest BCUT2D eigenvalue weighted by molar-refractivity contribution is 7.19. The van der Waals surface area contributed by atoms with Crippen LogP contribution in [0.4, 0.5) is 10.7 Å². The Kier molecular flexibility index (Phi) is 3.89. The van der Waals surface area contributed by atoms with Gasteiger partial charge in [0.05, 0.1) is 11.3 Å². The van der Waals surface area contributed by atoms with Crippen molar-refractivity contribution >= 4 is 33.8 Å². The van der Waals surface area contributed by atoms with E-state index >= 15 is 0 Å². The molecule has 1 aromatic rings. The number of primary amides is 1. The average Bonchev–Trinajstić information content (AvgIpc) is 3.04. The van der Waals surface area contributed by atoms with Gasteiger partial charge in [0.2, 0.25) is 0 Å². The Morgan fingerprint density at radius 3 is 2.55 bits per heavy atom. The number of carbonyl (C=O) groups excluding carboxylic acids is 2. The van der Waals surface area contributed by atoms with E-state index in [9.17, 15) is 9.59 Å². The lowest BCUT2D eigenvalue weighted by Crippen LogP contribution is -2.22. The molecule has 110 valence electrons. The summed E-state index contributed by atoms with van der Waals surface area (Å²) in [6.07, 6.45) is 2.16. The third-order valence-electron chi connectivity index (χ3n) is 3.56. The molecule has 0 spiro atoms. The Bertz CT molecular complexity index is 553. The first kappa shape index (κ1) is 14.6. The molecule has 2 atom stereocenters. The van der Waals surface area contributed by atoms with Gasteiger partial charge in [-0.05, 0) is 12.3 Å². The zero-order valence-corrected chi connectivity index (χ0v) is 12.7. The number of nitrogen functional groups attached to an aromatic ring is 1. The molecule has 2 unspecified atom stereocenters. The van der Waals surface area contributed by atoms with Gasteiger partial charge in [0, 0.05) is 20.1 Å². The van der Waals surface area contributed by atoms with Crippen molar-refractivity contribution in [3.05, 3.63) is 10.4 Å². The van der Waals surface area contributed by atoms with Crippen LogP contribution in [0.2, 0.25) is 0 Å². The summed E-state index contributed by atoms with van der Waals surface area (Å²) in [5.41, 5.74) is 11.7. The van der Waals surface area contributed by atoms with Gasteiger partial charge in [0.1, 0.15) is 9.88 Å². The maximum absolute atomic E-state index is 12.1. The van der Waals surface area contributed by atoms with Crippen molar-refractivity contribution in [2.75, 3.05) is 25.1 Å². The molecule has 1 aromatic heterocycles. The molecule has 20 heavy (non-hydrogen) atoms. The van der Waals surface area contributed by atoms with Crippen molar-refractivity contribution in [1.29, 1.82) is 0 Å². The molecule has 1 fully saturated rings. The van der Waals surface area contributed by atoms with Gasteiger partial charge >= 0.3 is 0 Å². The molecule has 2 rings (SSSR count). The van der Waals surface area contributed by atoms with Crippen molar-refractivity contribution in [3.8, 4) is 0 Å². The van der Waals surface area contributed by atoms with Gasteiger partial charge in [-0.2, -0.15) is 0 Å². The fourth-order valence-electron chi connectivity index (χ4n) is 2.20. The first-order chi connectivity index (χ1) is 9.36. The third kappa shape index (κ3) is 2.58. The number of thiophene rings is 1. The minimum Gasteiger partial charge on any atom is -0.397 e. The molecule has 0 radical (unpaired) electrons. The molecule has 7 heteroatoms. The van der Waals surface area contributed by atoms with Crippen LogP contribution in [-0.4, -0.2) is 36.9 Å². The van der Waals surface area contributed by atoms with Gasteiger partial charge in [-0.25, -0.2) is 0 Å². The predicted molar refractivity (Wildman–Crippen MR) is 81.1 cm³/mol.